The summed E-state index contributed by atoms with van der Waals surface area (Å²) in [5.41, 5.74) is -0.154. The van der Waals surface area contributed by atoms with Crippen molar-refractivity contribution in [3.63, 3.8) is 0 Å². The van der Waals surface area contributed by atoms with Crippen LogP contribution < -0.4 is 4.90 Å². The van der Waals surface area contributed by atoms with Gasteiger partial charge in [-0.2, -0.15) is 0 Å². The molecule has 5 heteroatoms. The third-order valence-corrected chi connectivity index (χ3v) is 3.45. The summed E-state index contributed by atoms with van der Waals surface area (Å²) >= 11 is 9.42. The van der Waals surface area contributed by atoms with E-state index in [0.29, 0.717) is 5.02 Å². The van der Waals surface area contributed by atoms with Crippen LogP contribution in [0.5, 0.6) is 0 Å². The number of morpholine rings is 1. The topological polar surface area (TPSA) is 25.4 Å². The van der Waals surface area contributed by atoms with Gasteiger partial charge in [0.1, 0.15) is 5.82 Å². The molecule has 94 valence electrons. The third kappa shape index (κ3) is 3.12. The van der Waals surface area contributed by atoms with Crippen molar-refractivity contribution in [1.29, 1.82) is 0 Å². The van der Waals surface area contributed by atoms with Gasteiger partial charge in [-0.3, -0.25) is 0 Å². The molecule has 3 nitrogen and oxygen atoms in total. The van der Waals surface area contributed by atoms with Crippen molar-refractivity contribution in [1.82, 2.24) is 4.98 Å². The van der Waals surface area contributed by atoms with Crippen molar-refractivity contribution in [3.8, 4) is 0 Å². The van der Waals surface area contributed by atoms with Crippen LogP contribution in [0.2, 0.25) is 5.02 Å². The van der Waals surface area contributed by atoms with Gasteiger partial charge in [-0.15, -0.1) is 0 Å². The van der Waals surface area contributed by atoms with Crippen LogP contribution in [0, 0.1) is 0 Å². The molecule has 1 saturated heterocycles. The molecule has 1 atom stereocenters. The second kappa shape index (κ2) is 4.75. The maximum Gasteiger partial charge on any atom is 0.143 e. The summed E-state index contributed by atoms with van der Waals surface area (Å²) < 4.78 is 6.80. The molecule has 2 rings (SSSR count). The number of aromatic nitrogens is 1. The van der Waals surface area contributed by atoms with Gasteiger partial charge in [0.25, 0.3) is 0 Å². The molecule has 0 N–H and O–H groups in total. The van der Waals surface area contributed by atoms with Gasteiger partial charge >= 0.3 is 0 Å². The fourth-order valence-corrected chi connectivity index (χ4v) is 3.14. The van der Waals surface area contributed by atoms with Crippen LogP contribution in [-0.4, -0.2) is 29.8 Å². The predicted molar refractivity (Wildman–Crippen MR) is 73.8 cm³/mol. The summed E-state index contributed by atoms with van der Waals surface area (Å²) in [7, 11) is 0. The Morgan fingerprint density at radius 1 is 1.59 bits per heavy atom. The highest BCUT2D eigenvalue weighted by molar-refractivity contribution is 9.10. The predicted octanol–water partition coefficient (Wildman–Crippen LogP) is 3.50. The molecule has 0 amide bonds. The Morgan fingerprint density at radius 3 is 2.88 bits per heavy atom. The van der Waals surface area contributed by atoms with Gasteiger partial charge in [-0.1, -0.05) is 11.6 Å². The zero-order valence-electron chi connectivity index (χ0n) is 10.2. The fraction of sp³-hybridized carbons (Fsp3) is 0.583. The van der Waals surface area contributed by atoms with E-state index in [0.717, 1.165) is 23.4 Å². The van der Waals surface area contributed by atoms with Gasteiger partial charge in [0.05, 0.1) is 21.2 Å². The number of ether oxygens (including phenoxy) is 1. The Balaban J connectivity index is 2.27. The standard InChI is InChI=1S/C12H16BrClN2O/c1-8-6-16(7-12(2,3)17-8)11-10(13)4-9(14)5-15-11/h4-5,8H,6-7H2,1-3H3. The van der Waals surface area contributed by atoms with E-state index in [1.54, 1.807) is 6.20 Å². The number of rotatable bonds is 1. The molecule has 0 bridgehead atoms. The normalized spacial score (nSPS) is 23.8. The van der Waals surface area contributed by atoms with E-state index in [4.69, 9.17) is 16.3 Å². The minimum absolute atomic E-state index is 0.154. The number of pyridine rings is 1. The summed E-state index contributed by atoms with van der Waals surface area (Å²) in [5.74, 6) is 0.928. The molecule has 1 aromatic heterocycles. The first-order valence-electron chi connectivity index (χ1n) is 5.61. The van der Waals surface area contributed by atoms with Gasteiger partial charge in [0.2, 0.25) is 0 Å². The highest BCUT2D eigenvalue weighted by Gasteiger charge is 2.32. The van der Waals surface area contributed by atoms with Crippen LogP contribution in [0.15, 0.2) is 16.7 Å². The van der Waals surface area contributed by atoms with Crippen molar-refractivity contribution >= 4 is 33.3 Å². The van der Waals surface area contributed by atoms with E-state index in [1.807, 2.05) is 6.07 Å². The molecular weight excluding hydrogens is 304 g/mol. The second-order valence-corrected chi connectivity index (χ2v) is 6.32. The van der Waals surface area contributed by atoms with Crippen molar-refractivity contribution in [2.45, 2.75) is 32.5 Å². The van der Waals surface area contributed by atoms with Crippen LogP contribution in [0.4, 0.5) is 5.82 Å². The Labute approximate surface area is 115 Å². The largest absolute Gasteiger partial charge is 0.369 e. The molecule has 1 aliphatic heterocycles. The van der Waals surface area contributed by atoms with Crippen LogP contribution >= 0.6 is 27.5 Å². The first-order chi connectivity index (χ1) is 7.87. The third-order valence-electron chi connectivity index (χ3n) is 2.66. The molecule has 0 aromatic carbocycles. The molecule has 0 spiro atoms. The lowest BCUT2D eigenvalue weighted by molar-refractivity contribution is -0.0752. The summed E-state index contributed by atoms with van der Waals surface area (Å²) in [4.78, 5) is 6.62. The molecule has 1 aliphatic rings. The number of halogens is 2. The van der Waals surface area contributed by atoms with Crippen molar-refractivity contribution < 1.29 is 4.74 Å². The van der Waals surface area contributed by atoms with Crippen LogP contribution in [0.3, 0.4) is 0 Å². The first kappa shape index (κ1) is 13.1. The summed E-state index contributed by atoms with van der Waals surface area (Å²) in [5, 5.41) is 0.640. The SMILES string of the molecule is CC1CN(c2ncc(Cl)cc2Br)CC(C)(C)O1. The summed E-state index contributed by atoms with van der Waals surface area (Å²) in [6.07, 6.45) is 1.87. The van der Waals surface area contributed by atoms with E-state index >= 15 is 0 Å². The molecular formula is C12H16BrClN2O. The monoisotopic (exact) mass is 318 g/mol. The lowest BCUT2D eigenvalue weighted by Gasteiger charge is -2.42. The molecule has 0 saturated carbocycles. The quantitative estimate of drug-likeness (QED) is 0.792. The number of hydrogen-bond donors (Lipinski definition) is 0. The molecule has 0 radical (unpaired) electrons. The van der Waals surface area contributed by atoms with Gasteiger partial charge in [-0.25, -0.2) is 4.98 Å². The maximum absolute atomic E-state index is 5.90. The fourth-order valence-electron chi connectivity index (χ4n) is 2.26. The van der Waals surface area contributed by atoms with E-state index < -0.39 is 0 Å². The van der Waals surface area contributed by atoms with Gasteiger partial charge in [0, 0.05) is 19.3 Å². The number of hydrogen-bond acceptors (Lipinski definition) is 3. The van der Waals surface area contributed by atoms with Gasteiger partial charge < -0.3 is 9.64 Å². The van der Waals surface area contributed by atoms with Crippen LogP contribution in [-0.2, 0) is 4.74 Å². The minimum Gasteiger partial charge on any atom is -0.369 e. The Morgan fingerprint density at radius 2 is 2.29 bits per heavy atom. The lowest BCUT2D eigenvalue weighted by atomic mass is 10.1. The van der Waals surface area contributed by atoms with E-state index in [2.05, 4.69) is 46.6 Å². The zero-order valence-corrected chi connectivity index (χ0v) is 12.5. The summed E-state index contributed by atoms with van der Waals surface area (Å²) in [6, 6.07) is 1.87. The molecule has 0 aliphatic carbocycles. The lowest BCUT2D eigenvalue weighted by Crippen LogP contribution is -2.52. The average Bonchev–Trinajstić information content (AvgIpc) is 2.13. The van der Waals surface area contributed by atoms with E-state index in [9.17, 15) is 0 Å². The van der Waals surface area contributed by atoms with Crippen molar-refractivity contribution in [2.75, 3.05) is 18.0 Å². The minimum atomic E-state index is -0.154. The Hall–Kier alpha value is -0.320. The van der Waals surface area contributed by atoms with E-state index in [1.165, 1.54) is 0 Å². The highest BCUT2D eigenvalue weighted by Crippen LogP contribution is 2.31. The highest BCUT2D eigenvalue weighted by atomic mass is 79.9. The van der Waals surface area contributed by atoms with Crippen molar-refractivity contribution in [2.24, 2.45) is 0 Å². The van der Waals surface area contributed by atoms with Crippen LogP contribution in [0.1, 0.15) is 20.8 Å². The number of anilines is 1. The molecule has 1 aromatic rings. The first-order valence-corrected chi connectivity index (χ1v) is 6.78. The van der Waals surface area contributed by atoms with Gasteiger partial charge in [-0.05, 0) is 42.8 Å². The average molecular weight is 320 g/mol. The zero-order chi connectivity index (χ0) is 12.6. The molecule has 1 unspecified atom stereocenters. The second-order valence-electron chi connectivity index (χ2n) is 5.03. The van der Waals surface area contributed by atoms with Crippen LogP contribution in [0.25, 0.3) is 0 Å². The van der Waals surface area contributed by atoms with Crippen molar-refractivity contribution in [3.05, 3.63) is 21.8 Å². The maximum atomic E-state index is 5.90. The van der Waals surface area contributed by atoms with Gasteiger partial charge in [0.15, 0.2) is 0 Å². The molecule has 2 heterocycles. The molecule has 17 heavy (non-hydrogen) atoms. The Bertz CT molecular complexity index is 425. The van der Waals surface area contributed by atoms with E-state index in [-0.39, 0.29) is 11.7 Å². The smallest absolute Gasteiger partial charge is 0.143 e. The number of nitrogens with zero attached hydrogens (tertiary/aromatic N) is 2. The molecule has 1 fully saturated rings. The Kier molecular flexibility index (Phi) is 3.66. The summed E-state index contributed by atoms with van der Waals surface area (Å²) in [6.45, 7) is 7.94.